The highest BCUT2D eigenvalue weighted by Crippen LogP contribution is 2.41. The molecule has 1 rings (SSSR count). The Morgan fingerprint density at radius 2 is 1.84 bits per heavy atom. The lowest BCUT2D eigenvalue weighted by Crippen LogP contribution is -2.46. The maximum Gasteiger partial charge on any atom is 0.312 e. The molecule has 148 valence electrons. The van der Waals surface area contributed by atoms with Gasteiger partial charge in [0.05, 0.1) is 27.2 Å². The van der Waals surface area contributed by atoms with Crippen molar-refractivity contribution < 1.29 is 31.4 Å². The van der Waals surface area contributed by atoms with E-state index in [1.807, 2.05) is 0 Å². The molecule has 1 aliphatic rings. The Morgan fingerprint density at radius 1 is 1.20 bits per heavy atom. The minimum atomic E-state index is -3.75. The van der Waals surface area contributed by atoms with E-state index in [0.717, 1.165) is 31.9 Å². The van der Waals surface area contributed by atoms with E-state index in [9.17, 15) is 17.8 Å². The van der Waals surface area contributed by atoms with E-state index in [0.29, 0.717) is 12.3 Å². The fraction of sp³-hybridized carbons (Fsp3) is 0.938. The zero-order valence-electron chi connectivity index (χ0n) is 15.4. The highest BCUT2D eigenvalue weighted by Gasteiger charge is 2.46. The van der Waals surface area contributed by atoms with Gasteiger partial charge in [-0.2, -0.15) is 8.42 Å². The lowest BCUT2D eigenvalue weighted by Gasteiger charge is -2.36. The van der Waals surface area contributed by atoms with E-state index in [4.69, 9.17) is 13.7 Å². The molecule has 0 aromatic rings. The summed E-state index contributed by atoms with van der Waals surface area (Å²) in [5.74, 6) is -0.987. The quantitative estimate of drug-likeness (QED) is 0.300. The van der Waals surface area contributed by atoms with Crippen molar-refractivity contribution in [3.8, 4) is 0 Å². The van der Waals surface area contributed by atoms with Gasteiger partial charge in [0.15, 0.2) is 5.34 Å². The fourth-order valence-electron chi connectivity index (χ4n) is 3.36. The normalized spacial score (nSPS) is 20.4. The second-order valence-corrected chi connectivity index (χ2v) is 9.37. The lowest BCUT2D eigenvalue weighted by molar-refractivity contribution is -0.159. The van der Waals surface area contributed by atoms with Gasteiger partial charge in [-0.3, -0.25) is 8.98 Å². The standard InChI is InChI=1S/C16H31O7PS/c1-4-21-15(17)14(11-13-9-7-6-8-10-13)16(24-18,22-5-2)12-23-25(3,19)20/h13-14H,4-12,24H2,1-3H3. The van der Waals surface area contributed by atoms with Crippen LogP contribution in [0.3, 0.4) is 0 Å². The molecule has 3 unspecified atom stereocenters. The predicted octanol–water partition coefficient (Wildman–Crippen LogP) is 2.60. The molecule has 0 radical (unpaired) electrons. The smallest absolute Gasteiger partial charge is 0.312 e. The Kier molecular flexibility index (Phi) is 9.64. The SMILES string of the molecule is CCOC(=O)C(CC1CCCCC1)C(COS(C)(=O)=O)(OCC)[PH2]=O. The third-order valence-electron chi connectivity index (χ3n) is 4.57. The number of carbonyl (C=O) groups is 1. The van der Waals surface area contributed by atoms with Crippen LogP contribution in [-0.4, -0.2) is 45.8 Å². The van der Waals surface area contributed by atoms with Crippen molar-refractivity contribution in [2.75, 3.05) is 26.1 Å². The van der Waals surface area contributed by atoms with Crippen molar-refractivity contribution in [3.05, 3.63) is 0 Å². The van der Waals surface area contributed by atoms with Gasteiger partial charge in [0, 0.05) is 6.61 Å². The number of ether oxygens (including phenoxy) is 2. The molecular weight excluding hydrogens is 367 g/mol. The monoisotopic (exact) mass is 398 g/mol. The molecule has 0 aromatic heterocycles. The van der Waals surface area contributed by atoms with E-state index < -0.39 is 42.4 Å². The minimum absolute atomic E-state index is 0.197. The Balaban J connectivity index is 3.10. The van der Waals surface area contributed by atoms with Gasteiger partial charge in [-0.25, -0.2) is 0 Å². The van der Waals surface area contributed by atoms with Crippen molar-refractivity contribution in [1.82, 2.24) is 0 Å². The van der Waals surface area contributed by atoms with E-state index in [2.05, 4.69) is 0 Å². The van der Waals surface area contributed by atoms with Crippen LogP contribution in [-0.2, 0) is 33.1 Å². The van der Waals surface area contributed by atoms with Crippen LogP contribution < -0.4 is 0 Å². The van der Waals surface area contributed by atoms with Crippen molar-refractivity contribution >= 4 is 24.5 Å². The molecule has 1 saturated carbocycles. The fourth-order valence-corrected chi connectivity index (χ4v) is 4.70. The zero-order chi connectivity index (χ0) is 18.9. The summed E-state index contributed by atoms with van der Waals surface area (Å²) in [4.78, 5) is 12.6. The van der Waals surface area contributed by atoms with Gasteiger partial charge in [-0.1, -0.05) is 32.1 Å². The van der Waals surface area contributed by atoms with Gasteiger partial charge in [-0.05, 0) is 26.2 Å². The van der Waals surface area contributed by atoms with Crippen molar-refractivity contribution in [3.63, 3.8) is 0 Å². The van der Waals surface area contributed by atoms with Gasteiger partial charge in [0.25, 0.3) is 10.1 Å². The van der Waals surface area contributed by atoms with Gasteiger partial charge in [-0.15, -0.1) is 0 Å². The minimum Gasteiger partial charge on any atom is -0.466 e. The van der Waals surface area contributed by atoms with Crippen LogP contribution >= 0.6 is 8.46 Å². The first-order valence-electron chi connectivity index (χ1n) is 8.89. The summed E-state index contributed by atoms with van der Waals surface area (Å²) in [5.41, 5.74) is 0. The van der Waals surface area contributed by atoms with Crippen molar-refractivity contribution in [2.45, 2.75) is 57.7 Å². The number of esters is 1. The number of carbonyl (C=O) groups excluding carboxylic acids is 1. The highest BCUT2D eigenvalue weighted by atomic mass is 32.2. The molecule has 25 heavy (non-hydrogen) atoms. The predicted molar refractivity (Wildman–Crippen MR) is 96.9 cm³/mol. The highest BCUT2D eigenvalue weighted by molar-refractivity contribution is 7.86. The van der Waals surface area contributed by atoms with Crippen LogP contribution in [0.2, 0.25) is 0 Å². The third kappa shape index (κ3) is 7.37. The number of rotatable bonds is 11. The summed E-state index contributed by atoms with van der Waals surface area (Å²) in [6.45, 7) is 3.38. The second kappa shape index (κ2) is 10.7. The Bertz CT molecular complexity index is 531. The van der Waals surface area contributed by atoms with Gasteiger partial charge < -0.3 is 14.0 Å². The van der Waals surface area contributed by atoms with E-state index >= 15 is 0 Å². The largest absolute Gasteiger partial charge is 0.466 e. The number of hydrogen-bond donors (Lipinski definition) is 0. The molecule has 0 saturated heterocycles. The Labute approximate surface area is 152 Å². The van der Waals surface area contributed by atoms with Crippen LogP contribution in [0, 0.1) is 11.8 Å². The Morgan fingerprint density at radius 3 is 2.32 bits per heavy atom. The number of hydrogen-bond acceptors (Lipinski definition) is 7. The molecule has 0 aliphatic heterocycles. The van der Waals surface area contributed by atoms with Crippen molar-refractivity contribution in [2.24, 2.45) is 11.8 Å². The van der Waals surface area contributed by atoms with Crippen LogP contribution in [0.4, 0.5) is 0 Å². The van der Waals surface area contributed by atoms with Gasteiger partial charge >= 0.3 is 5.97 Å². The maximum absolute atomic E-state index is 12.6. The molecule has 0 spiro atoms. The maximum atomic E-state index is 12.6. The summed E-state index contributed by atoms with van der Waals surface area (Å²) in [6, 6.07) is 0. The molecule has 0 amide bonds. The summed E-state index contributed by atoms with van der Waals surface area (Å²) >= 11 is 0. The summed E-state index contributed by atoms with van der Waals surface area (Å²) < 4.78 is 50.7. The van der Waals surface area contributed by atoms with Gasteiger partial charge in [0.1, 0.15) is 6.61 Å². The molecule has 1 aliphatic carbocycles. The molecule has 0 N–H and O–H groups in total. The zero-order valence-corrected chi connectivity index (χ0v) is 17.3. The summed E-state index contributed by atoms with van der Waals surface area (Å²) in [6.07, 6.45) is 6.78. The third-order valence-corrected chi connectivity index (χ3v) is 6.25. The van der Waals surface area contributed by atoms with Crippen LogP contribution in [0.5, 0.6) is 0 Å². The molecule has 9 heteroatoms. The average Bonchev–Trinajstić information content (AvgIpc) is 2.57. The summed E-state index contributed by atoms with van der Waals surface area (Å²) in [5, 5.41) is -1.46. The van der Waals surface area contributed by atoms with Gasteiger partial charge in [0.2, 0.25) is 0 Å². The first-order chi connectivity index (χ1) is 11.8. The van der Waals surface area contributed by atoms with Crippen LogP contribution in [0.1, 0.15) is 52.4 Å². The van der Waals surface area contributed by atoms with E-state index in [1.165, 1.54) is 6.42 Å². The van der Waals surface area contributed by atoms with E-state index in [-0.39, 0.29) is 13.2 Å². The second-order valence-electron chi connectivity index (χ2n) is 6.52. The van der Waals surface area contributed by atoms with Crippen LogP contribution in [0.25, 0.3) is 0 Å². The molecule has 0 bridgehead atoms. The van der Waals surface area contributed by atoms with Crippen LogP contribution in [0.15, 0.2) is 0 Å². The van der Waals surface area contributed by atoms with Crippen molar-refractivity contribution in [1.29, 1.82) is 0 Å². The molecule has 0 aromatic carbocycles. The van der Waals surface area contributed by atoms with E-state index in [1.54, 1.807) is 13.8 Å². The summed E-state index contributed by atoms with van der Waals surface area (Å²) in [7, 11) is -5.36. The first-order valence-corrected chi connectivity index (χ1v) is 11.8. The molecule has 0 heterocycles. The first kappa shape index (κ1) is 22.6. The molecular formula is C16H31O7PS. The molecule has 1 fully saturated rings. The Hall–Kier alpha value is -0.430. The molecule has 3 atom stereocenters. The average molecular weight is 398 g/mol. The topological polar surface area (TPSA) is 96.0 Å². The molecule has 7 nitrogen and oxygen atoms in total. The lowest BCUT2D eigenvalue weighted by atomic mass is 9.81.